The lowest BCUT2D eigenvalue weighted by Gasteiger charge is -2.09. The summed E-state index contributed by atoms with van der Waals surface area (Å²) in [4.78, 5) is 12.6. The van der Waals surface area contributed by atoms with Crippen molar-refractivity contribution in [2.45, 2.75) is 18.2 Å². The van der Waals surface area contributed by atoms with E-state index < -0.39 is 15.9 Å². The average Bonchev–Trinajstić information content (AvgIpc) is 3.26. The van der Waals surface area contributed by atoms with E-state index in [0.717, 1.165) is 16.1 Å². The molecule has 0 unspecified atom stereocenters. The molecule has 4 aromatic rings. The normalized spacial score (nSPS) is 11.6. The summed E-state index contributed by atoms with van der Waals surface area (Å²) < 4.78 is 30.1. The van der Waals surface area contributed by atoms with E-state index in [4.69, 9.17) is 0 Å². The number of rotatable bonds is 5. The van der Waals surface area contributed by atoms with Crippen molar-refractivity contribution >= 4 is 37.4 Å². The Kier molecular flexibility index (Phi) is 4.74. The zero-order valence-corrected chi connectivity index (χ0v) is 16.6. The molecular weight excluding hydrogens is 394 g/mol. The average molecular weight is 412 g/mol. The summed E-state index contributed by atoms with van der Waals surface area (Å²) in [5, 5.41) is 6.57. The van der Waals surface area contributed by atoms with Crippen LogP contribution < -0.4 is 4.72 Å². The molecule has 0 aliphatic carbocycles. The molecule has 142 valence electrons. The highest BCUT2D eigenvalue weighted by Crippen LogP contribution is 2.29. The Hall–Kier alpha value is -2.97. The summed E-state index contributed by atoms with van der Waals surface area (Å²) in [5.74, 6) is -0.604. The Morgan fingerprint density at radius 1 is 1.11 bits per heavy atom. The lowest BCUT2D eigenvalue weighted by atomic mass is 10.2. The first-order valence-electron chi connectivity index (χ1n) is 8.57. The van der Waals surface area contributed by atoms with E-state index in [2.05, 4.69) is 9.82 Å². The number of hydrogen-bond acceptors (Lipinski definition) is 5. The van der Waals surface area contributed by atoms with E-state index in [1.54, 1.807) is 28.3 Å². The maximum atomic E-state index is 12.7. The number of thiophene rings is 1. The van der Waals surface area contributed by atoms with Crippen molar-refractivity contribution in [2.24, 2.45) is 0 Å². The highest BCUT2D eigenvalue weighted by atomic mass is 32.2. The molecule has 0 saturated carbocycles. The van der Waals surface area contributed by atoms with Crippen LogP contribution in [0.25, 0.3) is 15.8 Å². The first kappa shape index (κ1) is 18.4. The van der Waals surface area contributed by atoms with Gasteiger partial charge in [0.05, 0.1) is 23.5 Å². The molecule has 0 saturated heterocycles. The molecule has 0 fully saturated rings. The molecule has 4 rings (SSSR count). The topological polar surface area (TPSA) is 81.1 Å². The van der Waals surface area contributed by atoms with Crippen molar-refractivity contribution in [1.29, 1.82) is 0 Å². The largest absolute Gasteiger partial charge is 0.274 e. The predicted octanol–water partition coefficient (Wildman–Crippen LogP) is 3.44. The third-order valence-electron chi connectivity index (χ3n) is 4.23. The molecule has 2 heterocycles. The van der Waals surface area contributed by atoms with E-state index in [9.17, 15) is 13.2 Å². The number of carbonyl (C=O) groups excluding carboxylic acids is 1. The summed E-state index contributed by atoms with van der Waals surface area (Å²) in [5.41, 5.74) is 2.18. The van der Waals surface area contributed by atoms with Crippen molar-refractivity contribution in [3.8, 4) is 5.69 Å². The lowest BCUT2D eigenvalue weighted by molar-refractivity contribution is -0.118. The predicted molar refractivity (Wildman–Crippen MR) is 109 cm³/mol. The molecule has 1 amide bonds. The minimum atomic E-state index is -3.95. The summed E-state index contributed by atoms with van der Waals surface area (Å²) in [6.07, 6.45) is -0.100. The molecule has 0 radical (unpaired) electrons. The van der Waals surface area contributed by atoms with Gasteiger partial charge in [-0.25, -0.2) is 17.8 Å². The number of para-hydroxylation sites is 1. The first-order valence-corrected chi connectivity index (χ1v) is 10.9. The molecule has 0 aliphatic heterocycles. The number of carbonyl (C=O) groups is 1. The van der Waals surface area contributed by atoms with Crippen LogP contribution in [0.5, 0.6) is 0 Å². The fourth-order valence-electron chi connectivity index (χ4n) is 3.04. The van der Waals surface area contributed by atoms with Crippen molar-refractivity contribution in [2.75, 3.05) is 0 Å². The first-order chi connectivity index (χ1) is 13.4. The highest BCUT2D eigenvalue weighted by molar-refractivity contribution is 7.90. The number of amides is 1. The van der Waals surface area contributed by atoms with Crippen LogP contribution >= 0.6 is 11.3 Å². The Labute approximate surface area is 166 Å². The molecule has 2 aromatic carbocycles. The summed E-state index contributed by atoms with van der Waals surface area (Å²) in [6.45, 7) is 1.83. The fraction of sp³-hybridized carbons (Fsp3) is 0.100. The molecule has 28 heavy (non-hydrogen) atoms. The number of nitrogens with one attached hydrogen (secondary N) is 1. The molecule has 6 nitrogen and oxygen atoms in total. The van der Waals surface area contributed by atoms with Gasteiger partial charge in [-0.2, -0.15) is 5.10 Å². The molecule has 8 heteroatoms. The Morgan fingerprint density at radius 2 is 1.82 bits per heavy atom. The molecule has 1 N–H and O–H groups in total. The number of fused-ring (bicyclic) bond motifs is 1. The Morgan fingerprint density at radius 3 is 2.61 bits per heavy atom. The molecule has 0 bridgehead atoms. The van der Waals surface area contributed by atoms with E-state index in [0.29, 0.717) is 11.1 Å². The second-order valence-corrected chi connectivity index (χ2v) is 8.89. The number of hydrogen-bond donors (Lipinski definition) is 1. The van der Waals surface area contributed by atoms with Crippen LogP contribution in [0.3, 0.4) is 0 Å². The Balaban J connectivity index is 1.59. The standard InChI is InChI=1S/C20H17N3O3S2/c1-14-11-16(23(21-14)15-7-3-2-4-8-15)12-20(24)22-28(25,26)19-13-27-18-10-6-5-9-17(18)19/h2-11,13H,12H2,1H3,(H,22,24). The maximum absolute atomic E-state index is 12.7. The van der Waals surface area contributed by atoms with Crippen LogP contribution in [0, 0.1) is 6.92 Å². The van der Waals surface area contributed by atoms with Crippen molar-refractivity contribution in [3.63, 3.8) is 0 Å². The van der Waals surface area contributed by atoms with Gasteiger partial charge in [0.25, 0.3) is 10.0 Å². The second kappa shape index (κ2) is 7.21. The fourth-order valence-corrected chi connectivity index (χ4v) is 5.53. The van der Waals surface area contributed by atoms with Gasteiger partial charge in [0.2, 0.25) is 5.91 Å². The van der Waals surface area contributed by atoms with Gasteiger partial charge in [-0.05, 0) is 31.2 Å². The minimum absolute atomic E-state index is 0.100. The molecule has 0 aliphatic rings. The highest BCUT2D eigenvalue weighted by Gasteiger charge is 2.22. The molecule has 0 spiro atoms. The van der Waals surface area contributed by atoms with E-state index >= 15 is 0 Å². The van der Waals surface area contributed by atoms with Crippen molar-refractivity contribution in [1.82, 2.24) is 14.5 Å². The maximum Gasteiger partial charge on any atom is 0.265 e. The van der Waals surface area contributed by atoms with Crippen LogP contribution in [0.2, 0.25) is 0 Å². The van der Waals surface area contributed by atoms with E-state index in [1.165, 1.54) is 11.3 Å². The quantitative estimate of drug-likeness (QED) is 0.545. The summed E-state index contributed by atoms with van der Waals surface area (Å²) in [7, 11) is -3.95. The van der Waals surface area contributed by atoms with E-state index in [-0.39, 0.29) is 11.3 Å². The molecule has 0 atom stereocenters. The van der Waals surface area contributed by atoms with Gasteiger partial charge in [0.1, 0.15) is 4.90 Å². The zero-order valence-electron chi connectivity index (χ0n) is 15.0. The number of aromatic nitrogens is 2. The molecular formula is C20H17N3O3S2. The number of nitrogens with zero attached hydrogens (tertiary/aromatic N) is 2. The second-order valence-electron chi connectivity index (χ2n) is 6.33. The van der Waals surface area contributed by atoms with Gasteiger partial charge in [-0.1, -0.05) is 36.4 Å². The number of sulfonamides is 1. The number of aryl methyl sites for hydroxylation is 1. The van der Waals surface area contributed by atoms with Gasteiger partial charge in [0.15, 0.2) is 0 Å². The van der Waals surface area contributed by atoms with Gasteiger partial charge in [0, 0.05) is 15.5 Å². The third kappa shape index (κ3) is 3.56. The van der Waals surface area contributed by atoms with Crippen molar-refractivity contribution in [3.05, 3.63) is 77.4 Å². The molecule has 2 aromatic heterocycles. The zero-order chi connectivity index (χ0) is 19.7. The minimum Gasteiger partial charge on any atom is -0.274 e. The van der Waals surface area contributed by atoms with Crippen molar-refractivity contribution < 1.29 is 13.2 Å². The lowest BCUT2D eigenvalue weighted by Crippen LogP contribution is -2.32. The van der Waals surface area contributed by atoms with E-state index in [1.807, 2.05) is 49.4 Å². The van der Waals surface area contributed by atoms with Crippen LogP contribution in [0.4, 0.5) is 0 Å². The van der Waals surface area contributed by atoms with Crippen LogP contribution in [0.1, 0.15) is 11.4 Å². The van der Waals surface area contributed by atoms with Gasteiger partial charge < -0.3 is 0 Å². The van der Waals surface area contributed by atoms with Gasteiger partial charge >= 0.3 is 0 Å². The third-order valence-corrected chi connectivity index (χ3v) is 6.76. The Bertz CT molecular complexity index is 1260. The summed E-state index contributed by atoms with van der Waals surface area (Å²) >= 11 is 1.33. The monoisotopic (exact) mass is 411 g/mol. The number of benzene rings is 2. The summed E-state index contributed by atoms with van der Waals surface area (Å²) in [6, 6.07) is 18.4. The smallest absolute Gasteiger partial charge is 0.265 e. The van der Waals surface area contributed by atoms with Crippen LogP contribution in [0.15, 0.2) is 70.9 Å². The SMILES string of the molecule is Cc1cc(CC(=O)NS(=O)(=O)c2csc3ccccc23)n(-c2ccccc2)n1. The van der Waals surface area contributed by atoms with Crippen LogP contribution in [-0.2, 0) is 21.2 Å². The van der Waals surface area contributed by atoms with Gasteiger partial charge in [-0.3, -0.25) is 4.79 Å². The van der Waals surface area contributed by atoms with Crippen LogP contribution in [-0.4, -0.2) is 24.1 Å². The van der Waals surface area contributed by atoms with Gasteiger partial charge in [-0.15, -0.1) is 11.3 Å².